The van der Waals surface area contributed by atoms with Crippen LogP contribution in [0.4, 0.5) is 0 Å². The van der Waals surface area contributed by atoms with Crippen LogP contribution in [0.1, 0.15) is 12.8 Å². The van der Waals surface area contributed by atoms with Gasteiger partial charge in [0.05, 0.1) is 25.7 Å². The highest BCUT2D eigenvalue weighted by Gasteiger charge is 2.63. The first-order valence-electron chi connectivity index (χ1n) is 8.47. The summed E-state index contributed by atoms with van der Waals surface area (Å²) in [6.45, 7) is 2.30. The standard InChI is InChI=1S/C16H21NO7/c18-12(7-17-1-3-21-4-2-17)22-8-13(19)23-14-9-5-10-11(6-9)16(20)24-15(10)14/h9-11,14-15H,1-8H2. The molecule has 2 aliphatic heterocycles. The van der Waals surface area contributed by atoms with E-state index in [1.165, 1.54) is 0 Å². The molecule has 0 aromatic carbocycles. The molecule has 4 fully saturated rings. The molecule has 2 saturated carbocycles. The minimum Gasteiger partial charge on any atom is -0.458 e. The highest BCUT2D eigenvalue weighted by atomic mass is 16.6. The zero-order chi connectivity index (χ0) is 16.7. The maximum atomic E-state index is 12.0. The van der Waals surface area contributed by atoms with E-state index in [1.807, 2.05) is 4.90 Å². The normalized spacial score (nSPS) is 37.3. The van der Waals surface area contributed by atoms with Gasteiger partial charge in [0.25, 0.3) is 0 Å². The zero-order valence-electron chi connectivity index (χ0n) is 13.3. The summed E-state index contributed by atoms with van der Waals surface area (Å²) in [6, 6.07) is 0. The molecular formula is C16H21NO7. The van der Waals surface area contributed by atoms with Gasteiger partial charge in [-0.25, -0.2) is 4.79 Å². The van der Waals surface area contributed by atoms with Crippen LogP contribution in [0.15, 0.2) is 0 Å². The Balaban J connectivity index is 1.21. The largest absolute Gasteiger partial charge is 0.458 e. The van der Waals surface area contributed by atoms with Gasteiger partial charge in [0.15, 0.2) is 6.61 Å². The van der Waals surface area contributed by atoms with Crippen LogP contribution >= 0.6 is 0 Å². The van der Waals surface area contributed by atoms with Crippen molar-refractivity contribution >= 4 is 17.9 Å². The van der Waals surface area contributed by atoms with Crippen LogP contribution in [0.25, 0.3) is 0 Å². The molecule has 4 rings (SSSR count). The van der Waals surface area contributed by atoms with Crippen LogP contribution in [0.3, 0.4) is 0 Å². The minimum absolute atomic E-state index is 0.0127. The Bertz CT molecular complexity index is 545. The summed E-state index contributed by atoms with van der Waals surface area (Å²) in [4.78, 5) is 37.3. The van der Waals surface area contributed by atoms with E-state index in [1.54, 1.807) is 0 Å². The molecule has 0 radical (unpaired) electrons. The summed E-state index contributed by atoms with van der Waals surface area (Å²) in [5.74, 6) is -0.838. The van der Waals surface area contributed by atoms with Crippen molar-refractivity contribution in [2.24, 2.45) is 17.8 Å². The molecule has 0 aromatic rings. The molecule has 5 unspecified atom stereocenters. The number of esters is 3. The maximum Gasteiger partial charge on any atom is 0.344 e. The summed E-state index contributed by atoms with van der Waals surface area (Å²) >= 11 is 0. The van der Waals surface area contributed by atoms with Crippen molar-refractivity contribution in [1.29, 1.82) is 0 Å². The summed E-state index contributed by atoms with van der Waals surface area (Å²) in [6.07, 6.45) is 0.905. The predicted molar refractivity (Wildman–Crippen MR) is 77.7 cm³/mol. The molecule has 24 heavy (non-hydrogen) atoms. The van der Waals surface area contributed by atoms with E-state index in [-0.39, 0.29) is 42.5 Å². The molecule has 2 heterocycles. The fourth-order valence-corrected chi connectivity index (χ4v) is 4.38. The Morgan fingerprint density at radius 3 is 2.75 bits per heavy atom. The molecule has 0 aromatic heterocycles. The second-order valence-corrected chi connectivity index (χ2v) is 6.91. The molecule has 5 atom stereocenters. The van der Waals surface area contributed by atoms with Crippen LogP contribution in [-0.4, -0.2) is 74.5 Å². The van der Waals surface area contributed by atoms with E-state index in [0.29, 0.717) is 26.3 Å². The predicted octanol–water partition coefficient (Wildman–Crippen LogP) is -0.645. The van der Waals surface area contributed by atoms with Crippen molar-refractivity contribution in [1.82, 2.24) is 4.90 Å². The van der Waals surface area contributed by atoms with Gasteiger partial charge in [0.1, 0.15) is 12.2 Å². The second-order valence-electron chi connectivity index (χ2n) is 6.91. The average Bonchev–Trinajstić information content (AvgIpc) is 3.19. The topological polar surface area (TPSA) is 91.4 Å². The number of hydrogen-bond acceptors (Lipinski definition) is 8. The Labute approximate surface area is 139 Å². The van der Waals surface area contributed by atoms with Gasteiger partial charge in [-0.05, 0) is 12.8 Å². The Kier molecular flexibility index (Phi) is 4.17. The van der Waals surface area contributed by atoms with Crippen molar-refractivity contribution in [3.8, 4) is 0 Å². The van der Waals surface area contributed by atoms with Crippen molar-refractivity contribution in [2.45, 2.75) is 25.0 Å². The third-order valence-corrected chi connectivity index (χ3v) is 5.49. The number of rotatable bonds is 5. The van der Waals surface area contributed by atoms with Gasteiger partial charge in [-0.3, -0.25) is 14.5 Å². The van der Waals surface area contributed by atoms with Gasteiger partial charge in [-0.2, -0.15) is 0 Å². The molecule has 8 nitrogen and oxygen atoms in total. The minimum atomic E-state index is -0.581. The third-order valence-electron chi connectivity index (χ3n) is 5.49. The molecule has 2 saturated heterocycles. The SMILES string of the molecule is O=C(CN1CCOCC1)OCC(=O)OC1C2CC3C(=O)OC1C3C2. The van der Waals surface area contributed by atoms with Gasteiger partial charge in [0, 0.05) is 24.9 Å². The maximum absolute atomic E-state index is 12.0. The van der Waals surface area contributed by atoms with Crippen molar-refractivity contribution in [2.75, 3.05) is 39.5 Å². The van der Waals surface area contributed by atoms with E-state index < -0.39 is 18.5 Å². The number of carbonyl (C=O) groups is 3. The van der Waals surface area contributed by atoms with Crippen LogP contribution in [0, 0.1) is 17.8 Å². The molecule has 0 N–H and O–H groups in total. The molecule has 132 valence electrons. The summed E-state index contributed by atoms with van der Waals surface area (Å²) < 4.78 is 21.0. The van der Waals surface area contributed by atoms with Gasteiger partial charge in [-0.1, -0.05) is 0 Å². The smallest absolute Gasteiger partial charge is 0.344 e. The highest BCUT2D eigenvalue weighted by molar-refractivity contribution is 5.78. The number of nitrogens with zero attached hydrogens (tertiary/aromatic N) is 1. The van der Waals surface area contributed by atoms with E-state index in [9.17, 15) is 14.4 Å². The van der Waals surface area contributed by atoms with E-state index in [0.717, 1.165) is 12.8 Å². The third kappa shape index (κ3) is 2.88. The van der Waals surface area contributed by atoms with E-state index >= 15 is 0 Å². The van der Waals surface area contributed by atoms with Crippen molar-refractivity contribution in [3.05, 3.63) is 0 Å². The average molecular weight is 339 g/mol. The fourth-order valence-electron chi connectivity index (χ4n) is 4.38. The van der Waals surface area contributed by atoms with Gasteiger partial charge in [0.2, 0.25) is 0 Å². The summed E-state index contributed by atoms with van der Waals surface area (Å²) in [5.41, 5.74) is 0. The Morgan fingerprint density at radius 1 is 1.17 bits per heavy atom. The first kappa shape index (κ1) is 15.8. The van der Waals surface area contributed by atoms with Crippen LogP contribution in [-0.2, 0) is 33.3 Å². The molecular weight excluding hydrogens is 318 g/mol. The number of ether oxygens (including phenoxy) is 4. The Morgan fingerprint density at radius 2 is 1.96 bits per heavy atom. The molecule has 2 bridgehead atoms. The molecule has 2 aliphatic carbocycles. The Hall–Kier alpha value is -1.67. The lowest BCUT2D eigenvalue weighted by molar-refractivity contribution is -0.170. The number of hydrogen-bond donors (Lipinski definition) is 0. The summed E-state index contributed by atoms with van der Waals surface area (Å²) in [5, 5.41) is 0. The van der Waals surface area contributed by atoms with Crippen LogP contribution in [0.5, 0.6) is 0 Å². The lowest BCUT2D eigenvalue weighted by atomic mass is 9.88. The lowest BCUT2D eigenvalue weighted by Gasteiger charge is -2.26. The number of morpholine rings is 1. The van der Waals surface area contributed by atoms with Crippen molar-refractivity contribution < 1.29 is 33.3 Å². The molecule has 4 aliphatic rings. The quantitative estimate of drug-likeness (QED) is 0.482. The van der Waals surface area contributed by atoms with Crippen LogP contribution in [0.2, 0.25) is 0 Å². The number of fused-ring (bicyclic) bond motifs is 1. The summed E-state index contributed by atoms with van der Waals surface area (Å²) in [7, 11) is 0. The molecule has 8 heteroatoms. The zero-order valence-corrected chi connectivity index (χ0v) is 13.3. The molecule has 0 spiro atoms. The first-order chi connectivity index (χ1) is 11.6. The first-order valence-corrected chi connectivity index (χ1v) is 8.47. The monoisotopic (exact) mass is 339 g/mol. The lowest BCUT2D eigenvalue weighted by Crippen LogP contribution is -2.41. The highest BCUT2D eigenvalue weighted by Crippen LogP contribution is 2.55. The number of carbonyl (C=O) groups excluding carboxylic acids is 3. The van der Waals surface area contributed by atoms with Crippen LogP contribution < -0.4 is 0 Å². The van der Waals surface area contributed by atoms with Gasteiger partial charge in [-0.15, -0.1) is 0 Å². The second kappa shape index (κ2) is 6.33. The van der Waals surface area contributed by atoms with Gasteiger partial charge < -0.3 is 18.9 Å². The van der Waals surface area contributed by atoms with Gasteiger partial charge >= 0.3 is 17.9 Å². The molecule has 0 amide bonds. The van der Waals surface area contributed by atoms with E-state index in [4.69, 9.17) is 18.9 Å². The van der Waals surface area contributed by atoms with E-state index in [2.05, 4.69) is 0 Å². The van der Waals surface area contributed by atoms with Crippen molar-refractivity contribution in [3.63, 3.8) is 0 Å². The fraction of sp³-hybridized carbons (Fsp3) is 0.812.